The summed E-state index contributed by atoms with van der Waals surface area (Å²) in [6.45, 7) is 13.3. The maximum atomic E-state index is 3.96. The molecule has 1 aliphatic heterocycles. The summed E-state index contributed by atoms with van der Waals surface area (Å²) in [6.07, 6.45) is 5.72. The van der Waals surface area contributed by atoms with E-state index >= 15 is 0 Å². The minimum Gasteiger partial charge on any atom is -0.298 e. The van der Waals surface area contributed by atoms with Crippen LogP contribution in [-0.2, 0) is 0 Å². The van der Waals surface area contributed by atoms with Gasteiger partial charge in [0.2, 0.25) is 0 Å². The molecular weight excluding hydrogens is 146 g/mol. The van der Waals surface area contributed by atoms with Crippen molar-refractivity contribution in [3.8, 4) is 0 Å². The van der Waals surface area contributed by atoms with E-state index in [0.29, 0.717) is 0 Å². The van der Waals surface area contributed by atoms with Crippen molar-refractivity contribution in [2.24, 2.45) is 4.99 Å². The normalized spacial score (nSPS) is 11.2. The molecule has 1 heteroatoms. The first kappa shape index (κ1) is 17.7. The molecule has 0 bridgehead atoms. The van der Waals surface area contributed by atoms with Gasteiger partial charge >= 0.3 is 0 Å². The monoisotopic (exact) mass is 173 g/mol. The Bertz CT molecular complexity index is 52.0. The maximum absolute atomic E-state index is 3.96. The molecule has 12 heavy (non-hydrogen) atoms. The van der Waals surface area contributed by atoms with Gasteiger partial charge in [0.25, 0.3) is 0 Å². The molecule has 0 fully saturated rings. The third-order valence-corrected chi connectivity index (χ3v) is 0.750. The SMILES string of the molecule is C1=NCCC1.CC.CC.CCC. The summed E-state index contributed by atoms with van der Waals surface area (Å²) < 4.78 is 0. The highest BCUT2D eigenvalue weighted by Crippen LogP contribution is 1.92. The molecule has 0 amide bonds. The second kappa shape index (κ2) is 31.0. The van der Waals surface area contributed by atoms with Gasteiger partial charge in [0.1, 0.15) is 0 Å². The van der Waals surface area contributed by atoms with Gasteiger partial charge in [0.15, 0.2) is 0 Å². The van der Waals surface area contributed by atoms with Crippen molar-refractivity contribution in [2.45, 2.75) is 60.8 Å². The fourth-order valence-electron chi connectivity index (χ4n) is 0.456. The number of aliphatic imine (C=N–C) groups is 1. The van der Waals surface area contributed by atoms with Gasteiger partial charge < -0.3 is 0 Å². The first-order chi connectivity index (χ1) is 5.91. The largest absolute Gasteiger partial charge is 0.298 e. The quantitative estimate of drug-likeness (QED) is 0.517. The Morgan fingerprint density at radius 2 is 1.50 bits per heavy atom. The summed E-state index contributed by atoms with van der Waals surface area (Å²) in [5, 5.41) is 0. The number of nitrogens with zero attached hydrogens (tertiary/aromatic N) is 1. The zero-order chi connectivity index (χ0) is 10.2. The molecule has 0 aliphatic carbocycles. The van der Waals surface area contributed by atoms with Crippen LogP contribution < -0.4 is 0 Å². The van der Waals surface area contributed by atoms with Crippen molar-refractivity contribution in [3.63, 3.8) is 0 Å². The summed E-state index contributed by atoms with van der Waals surface area (Å²) in [7, 11) is 0. The molecule has 0 saturated carbocycles. The topological polar surface area (TPSA) is 12.4 Å². The van der Waals surface area contributed by atoms with Crippen LogP contribution in [0.1, 0.15) is 60.8 Å². The molecule has 0 atom stereocenters. The van der Waals surface area contributed by atoms with Gasteiger partial charge in [-0.3, -0.25) is 4.99 Å². The maximum Gasteiger partial charge on any atom is 0.0388 e. The zero-order valence-electron chi connectivity index (χ0n) is 9.85. The predicted octanol–water partition coefficient (Wildman–Crippen LogP) is 4.32. The lowest BCUT2D eigenvalue weighted by atomic mass is 10.4. The fraction of sp³-hybridized carbons (Fsp3) is 0.909. The summed E-state index contributed by atoms with van der Waals surface area (Å²) in [4.78, 5) is 3.96. The van der Waals surface area contributed by atoms with Crippen LogP contribution in [0.5, 0.6) is 0 Å². The van der Waals surface area contributed by atoms with E-state index in [4.69, 9.17) is 0 Å². The van der Waals surface area contributed by atoms with Gasteiger partial charge in [0.05, 0.1) is 0 Å². The molecule has 1 rings (SSSR count). The minimum absolute atomic E-state index is 1.07. The standard InChI is InChI=1S/C4H7N.C3H8.2C2H6/c1-2-4-5-3-1;1-3-2;2*1-2/h3H,1-2,4H2;3H2,1-2H3;2*1-2H3. The Labute approximate surface area is 79.3 Å². The summed E-state index contributed by atoms with van der Waals surface area (Å²) in [5.41, 5.74) is 0. The van der Waals surface area contributed by atoms with Crippen molar-refractivity contribution < 1.29 is 0 Å². The van der Waals surface area contributed by atoms with Crippen molar-refractivity contribution in [1.82, 2.24) is 0 Å². The first-order valence-electron chi connectivity index (χ1n) is 5.40. The van der Waals surface area contributed by atoms with Crippen LogP contribution in [0.4, 0.5) is 0 Å². The molecule has 0 saturated heterocycles. The van der Waals surface area contributed by atoms with Crippen LogP contribution in [0.3, 0.4) is 0 Å². The van der Waals surface area contributed by atoms with Crippen molar-refractivity contribution in [1.29, 1.82) is 0 Å². The van der Waals surface area contributed by atoms with E-state index in [1.54, 1.807) is 0 Å². The Morgan fingerprint density at radius 3 is 1.58 bits per heavy atom. The smallest absolute Gasteiger partial charge is 0.0388 e. The van der Waals surface area contributed by atoms with Crippen LogP contribution >= 0.6 is 0 Å². The third-order valence-electron chi connectivity index (χ3n) is 0.750. The van der Waals surface area contributed by atoms with Gasteiger partial charge in [-0.2, -0.15) is 0 Å². The zero-order valence-corrected chi connectivity index (χ0v) is 9.85. The second-order valence-corrected chi connectivity index (χ2v) is 1.94. The van der Waals surface area contributed by atoms with E-state index < -0.39 is 0 Å². The van der Waals surface area contributed by atoms with Gasteiger partial charge in [-0.05, 0) is 19.1 Å². The Morgan fingerprint density at radius 1 is 1.08 bits per heavy atom. The van der Waals surface area contributed by atoms with E-state index in [9.17, 15) is 0 Å². The molecular formula is C11H27N. The highest BCUT2D eigenvalue weighted by molar-refractivity contribution is 5.58. The van der Waals surface area contributed by atoms with Crippen molar-refractivity contribution >= 4 is 6.21 Å². The molecule has 76 valence electrons. The van der Waals surface area contributed by atoms with Crippen molar-refractivity contribution in [2.75, 3.05) is 6.54 Å². The number of hydrogen-bond acceptors (Lipinski definition) is 1. The minimum atomic E-state index is 1.07. The average Bonchev–Trinajstić information content (AvgIpc) is 2.69. The molecule has 0 spiro atoms. The molecule has 1 heterocycles. The molecule has 0 aromatic heterocycles. The van der Waals surface area contributed by atoms with Crippen LogP contribution in [0.15, 0.2) is 4.99 Å². The number of rotatable bonds is 0. The summed E-state index contributed by atoms with van der Waals surface area (Å²) >= 11 is 0. The second-order valence-electron chi connectivity index (χ2n) is 1.94. The highest BCUT2D eigenvalue weighted by atomic mass is 14.7. The lowest BCUT2D eigenvalue weighted by Crippen LogP contribution is -1.62. The first-order valence-corrected chi connectivity index (χ1v) is 5.40. The van der Waals surface area contributed by atoms with Gasteiger partial charge in [-0.1, -0.05) is 48.0 Å². The Balaban J connectivity index is -0.000000102. The Kier molecular flexibility index (Phi) is 45.7. The highest BCUT2D eigenvalue weighted by Gasteiger charge is 1.85. The van der Waals surface area contributed by atoms with E-state index in [-0.39, 0.29) is 0 Å². The molecule has 0 aromatic carbocycles. The van der Waals surface area contributed by atoms with Gasteiger partial charge in [-0.15, -0.1) is 0 Å². The lowest BCUT2D eigenvalue weighted by Gasteiger charge is -1.67. The van der Waals surface area contributed by atoms with Crippen LogP contribution in [0.2, 0.25) is 0 Å². The molecule has 0 radical (unpaired) electrons. The lowest BCUT2D eigenvalue weighted by molar-refractivity contribution is 0.952. The average molecular weight is 173 g/mol. The summed E-state index contributed by atoms with van der Waals surface area (Å²) in [5.74, 6) is 0. The van der Waals surface area contributed by atoms with Gasteiger partial charge in [-0.25, -0.2) is 0 Å². The summed E-state index contributed by atoms with van der Waals surface area (Å²) in [6, 6.07) is 0. The van der Waals surface area contributed by atoms with E-state index in [2.05, 4.69) is 18.8 Å². The van der Waals surface area contributed by atoms with Crippen LogP contribution in [0, 0.1) is 0 Å². The van der Waals surface area contributed by atoms with E-state index in [1.807, 2.05) is 33.9 Å². The third kappa shape index (κ3) is 33.3. The molecule has 1 aliphatic rings. The van der Waals surface area contributed by atoms with E-state index in [1.165, 1.54) is 19.3 Å². The van der Waals surface area contributed by atoms with Crippen LogP contribution in [0.25, 0.3) is 0 Å². The fourth-order valence-corrected chi connectivity index (χ4v) is 0.456. The molecule has 0 N–H and O–H groups in total. The van der Waals surface area contributed by atoms with Gasteiger partial charge in [0, 0.05) is 6.54 Å². The number of hydrogen-bond donors (Lipinski definition) is 0. The van der Waals surface area contributed by atoms with Crippen molar-refractivity contribution in [3.05, 3.63) is 0 Å². The predicted molar refractivity (Wildman–Crippen MR) is 61.3 cm³/mol. The molecule has 0 aromatic rings. The van der Waals surface area contributed by atoms with Crippen LogP contribution in [-0.4, -0.2) is 12.8 Å². The van der Waals surface area contributed by atoms with E-state index in [0.717, 1.165) is 6.54 Å². The molecule has 0 unspecified atom stereocenters. The molecule has 1 nitrogen and oxygen atoms in total. The Hall–Kier alpha value is -0.330.